The molecule has 0 aliphatic heterocycles. The first-order valence-corrected chi connectivity index (χ1v) is 8.42. The minimum atomic E-state index is -0.00102. The smallest absolute Gasteiger partial charge is 0.185 e. The van der Waals surface area contributed by atoms with E-state index < -0.39 is 0 Å². The van der Waals surface area contributed by atoms with E-state index in [2.05, 4.69) is 13.5 Å². The van der Waals surface area contributed by atoms with E-state index in [0.29, 0.717) is 5.75 Å². The number of hydrogen-bond acceptors (Lipinski definition) is 2. The fraction of sp³-hybridized carbons (Fsp3) is 0.381. The number of carbonyl (C=O) groups is 1. The second-order valence-electron chi connectivity index (χ2n) is 6.84. The van der Waals surface area contributed by atoms with Crippen molar-refractivity contribution in [3.05, 3.63) is 59.2 Å². The molecule has 2 aliphatic rings. The van der Waals surface area contributed by atoms with Crippen LogP contribution in [0.3, 0.4) is 0 Å². The van der Waals surface area contributed by atoms with E-state index in [1.54, 1.807) is 12.1 Å². The Morgan fingerprint density at radius 3 is 2.83 bits per heavy atom. The number of Topliss-reactive ketones (excluding diaryl/α,β-unsaturated/α-hetero) is 1. The number of allylic oxidation sites excluding steroid dienone is 5. The van der Waals surface area contributed by atoms with E-state index >= 15 is 0 Å². The normalized spacial score (nSPS) is 24.8. The lowest BCUT2D eigenvalue weighted by atomic mass is 9.65. The molecule has 2 aliphatic carbocycles. The Labute approximate surface area is 138 Å². The summed E-state index contributed by atoms with van der Waals surface area (Å²) in [6, 6.07) is 5.57. The Kier molecular flexibility index (Phi) is 4.01. The molecule has 0 amide bonds. The highest BCUT2D eigenvalue weighted by Crippen LogP contribution is 2.57. The number of aromatic hydroxyl groups is 1. The van der Waals surface area contributed by atoms with Crippen molar-refractivity contribution in [1.82, 2.24) is 0 Å². The summed E-state index contributed by atoms with van der Waals surface area (Å²) in [5, 5.41) is 9.84. The van der Waals surface area contributed by atoms with Gasteiger partial charge in [0.1, 0.15) is 5.75 Å². The van der Waals surface area contributed by atoms with Crippen LogP contribution in [0.4, 0.5) is 0 Å². The van der Waals surface area contributed by atoms with Gasteiger partial charge in [-0.15, -0.1) is 0 Å². The second kappa shape index (κ2) is 5.84. The number of phenolic OH excluding ortho intramolecular Hbond substituents is 1. The average molecular weight is 308 g/mol. The van der Waals surface area contributed by atoms with Gasteiger partial charge >= 0.3 is 0 Å². The topological polar surface area (TPSA) is 37.3 Å². The molecule has 0 saturated heterocycles. The van der Waals surface area contributed by atoms with Crippen LogP contribution in [0.5, 0.6) is 5.75 Å². The number of rotatable bonds is 4. The first-order chi connectivity index (χ1) is 11.0. The molecule has 0 bridgehead atoms. The van der Waals surface area contributed by atoms with E-state index in [-0.39, 0.29) is 11.2 Å². The van der Waals surface area contributed by atoms with Crippen molar-refractivity contribution in [2.24, 2.45) is 5.41 Å². The summed E-state index contributed by atoms with van der Waals surface area (Å²) < 4.78 is 0. The van der Waals surface area contributed by atoms with Crippen LogP contribution in [0.2, 0.25) is 0 Å². The lowest BCUT2D eigenvalue weighted by molar-refractivity contribution is -0.112. The second-order valence-corrected chi connectivity index (χ2v) is 6.84. The van der Waals surface area contributed by atoms with E-state index in [9.17, 15) is 9.90 Å². The van der Waals surface area contributed by atoms with Gasteiger partial charge in [0.05, 0.1) is 0 Å². The predicted molar refractivity (Wildman–Crippen MR) is 94.3 cm³/mol. The minimum absolute atomic E-state index is 0.00102. The molecule has 1 aromatic rings. The molecule has 1 atom stereocenters. The minimum Gasteiger partial charge on any atom is -0.508 e. The molecule has 23 heavy (non-hydrogen) atoms. The molecule has 2 heteroatoms. The van der Waals surface area contributed by atoms with Crippen LogP contribution in [0, 0.1) is 5.41 Å². The van der Waals surface area contributed by atoms with Crippen molar-refractivity contribution < 1.29 is 9.90 Å². The number of carbonyl (C=O) groups excluding carboxylic acids is 1. The summed E-state index contributed by atoms with van der Waals surface area (Å²) in [4.78, 5) is 12.7. The fourth-order valence-electron chi connectivity index (χ4n) is 4.35. The molecule has 1 N–H and O–H groups in total. The zero-order valence-corrected chi connectivity index (χ0v) is 14.0. The third-order valence-corrected chi connectivity index (χ3v) is 5.28. The van der Waals surface area contributed by atoms with Gasteiger partial charge in [-0.25, -0.2) is 0 Å². The van der Waals surface area contributed by atoms with Crippen LogP contribution in [0.1, 0.15) is 50.7 Å². The maximum absolute atomic E-state index is 12.7. The Morgan fingerprint density at radius 2 is 2.13 bits per heavy atom. The molecule has 0 heterocycles. The Hall–Kier alpha value is -2.09. The van der Waals surface area contributed by atoms with Crippen molar-refractivity contribution in [2.75, 3.05) is 0 Å². The van der Waals surface area contributed by atoms with Crippen molar-refractivity contribution in [2.45, 2.75) is 46.0 Å². The SMILES string of the molecule is C=C/C=C1/C[C@@]2(CCCC)Cc3cc(O)ccc3C2=C(C)C1=O. The standard InChI is InChI=1S/C21H24O2/c1-4-6-10-21-12-15(7-5-2)20(23)14(3)19(21)18-9-8-17(22)11-16(18)13-21/h5,7-9,11,22H,2,4,6,10,12-13H2,1,3H3/b15-7-/t21-/m0/s1. The lowest BCUT2D eigenvalue weighted by Crippen LogP contribution is -2.29. The molecular weight excluding hydrogens is 284 g/mol. The maximum Gasteiger partial charge on any atom is 0.185 e. The molecule has 2 nitrogen and oxygen atoms in total. The van der Waals surface area contributed by atoms with Crippen LogP contribution in [-0.2, 0) is 11.2 Å². The molecule has 3 rings (SSSR count). The third-order valence-electron chi connectivity index (χ3n) is 5.28. The van der Waals surface area contributed by atoms with Crippen LogP contribution in [-0.4, -0.2) is 10.9 Å². The highest BCUT2D eigenvalue weighted by atomic mass is 16.3. The molecule has 120 valence electrons. The first-order valence-electron chi connectivity index (χ1n) is 8.42. The highest BCUT2D eigenvalue weighted by Gasteiger charge is 2.47. The molecule has 0 spiro atoms. The number of phenols is 1. The van der Waals surface area contributed by atoms with Crippen LogP contribution < -0.4 is 0 Å². The first kappa shape index (κ1) is 15.8. The molecule has 0 fully saturated rings. The summed E-state index contributed by atoms with van der Waals surface area (Å²) in [6.07, 6.45) is 8.64. The molecule has 1 aromatic carbocycles. The average Bonchev–Trinajstić information content (AvgIpc) is 2.84. The molecule has 0 saturated carbocycles. The van der Waals surface area contributed by atoms with Crippen molar-refractivity contribution >= 4 is 11.4 Å². The number of fused-ring (bicyclic) bond motifs is 3. The molecule has 0 aromatic heterocycles. The Balaban J connectivity index is 2.19. The van der Waals surface area contributed by atoms with Gasteiger partial charge in [-0.05, 0) is 55.0 Å². The number of unbranched alkanes of at least 4 members (excludes halogenated alkanes) is 1. The van der Waals surface area contributed by atoms with Gasteiger partial charge in [-0.2, -0.15) is 0 Å². The van der Waals surface area contributed by atoms with Gasteiger partial charge in [-0.1, -0.05) is 44.6 Å². The zero-order chi connectivity index (χ0) is 16.6. The predicted octanol–water partition coefficient (Wildman–Crippen LogP) is 4.98. The Bertz CT molecular complexity index is 736. The van der Waals surface area contributed by atoms with Gasteiger partial charge in [0, 0.05) is 16.6 Å². The van der Waals surface area contributed by atoms with Gasteiger partial charge < -0.3 is 5.11 Å². The van der Waals surface area contributed by atoms with E-state index in [4.69, 9.17) is 0 Å². The largest absolute Gasteiger partial charge is 0.508 e. The van der Waals surface area contributed by atoms with Crippen molar-refractivity contribution in [3.8, 4) is 5.75 Å². The lowest BCUT2D eigenvalue weighted by Gasteiger charge is -2.37. The third kappa shape index (κ3) is 2.46. The zero-order valence-electron chi connectivity index (χ0n) is 14.0. The Morgan fingerprint density at radius 1 is 1.35 bits per heavy atom. The van der Waals surface area contributed by atoms with E-state index in [1.807, 2.05) is 25.1 Å². The number of benzene rings is 1. The summed E-state index contributed by atoms with van der Waals surface area (Å²) in [7, 11) is 0. The van der Waals surface area contributed by atoms with E-state index in [1.165, 1.54) is 11.1 Å². The van der Waals surface area contributed by atoms with Crippen molar-refractivity contribution in [1.29, 1.82) is 0 Å². The quantitative estimate of drug-likeness (QED) is 0.796. The van der Waals surface area contributed by atoms with Gasteiger partial charge in [0.2, 0.25) is 0 Å². The van der Waals surface area contributed by atoms with Crippen LogP contribution in [0.15, 0.2) is 48.1 Å². The number of ketones is 1. The van der Waals surface area contributed by atoms with Crippen molar-refractivity contribution in [3.63, 3.8) is 0 Å². The monoisotopic (exact) mass is 308 g/mol. The summed E-state index contributed by atoms with van der Waals surface area (Å²) in [5.74, 6) is 0.451. The summed E-state index contributed by atoms with van der Waals surface area (Å²) in [5.41, 5.74) is 5.27. The molecule has 0 unspecified atom stereocenters. The molecule has 0 radical (unpaired) electrons. The van der Waals surface area contributed by atoms with E-state index in [0.717, 1.165) is 48.8 Å². The summed E-state index contributed by atoms with van der Waals surface area (Å²) in [6.45, 7) is 7.92. The fourth-order valence-corrected chi connectivity index (χ4v) is 4.35. The van der Waals surface area contributed by atoms with Crippen LogP contribution in [0.25, 0.3) is 5.57 Å². The summed E-state index contributed by atoms with van der Waals surface area (Å²) >= 11 is 0. The highest BCUT2D eigenvalue weighted by molar-refractivity contribution is 6.15. The molecular formula is C21H24O2. The maximum atomic E-state index is 12.7. The number of hydrogen-bond donors (Lipinski definition) is 1. The van der Waals surface area contributed by atoms with Gasteiger partial charge in [0.25, 0.3) is 0 Å². The van der Waals surface area contributed by atoms with Gasteiger partial charge in [0.15, 0.2) is 5.78 Å². The van der Waals surface area contributed by atoms with Gasteiger partial charge in [-0.3, -0.25) is 4.79 Å². The van der Waals surface area contributed by atoms with Crippen LogP contribution >= 0.6 is 0 Å².